The molecule has 2 aromatic rings. The van der Waals surface area contributed by atoms with E-state index >= 15 is 0 Å². The Bertz CT molecular complexity index is 829. The maximum absolute atomic E-state index is 12.0. The zero-order valence-corrected chi connectivity index (χ0v) is 16.8. The van der Waals surface area contributed by atoms with Crippen molar-refractivity contribution in [3.05, 3.63) is 51.8 Å². The lowest BCUT2D eigenvalue weighted by molar-refractivity contribution is -0.121. The van der Waals surface area contributed by atoms with Crippen molar-refractivity contribution >= 4 is 46.8 Å². The molecule has 0 aliphatic heterocycles. The van der Waals surface area contributed by atoms with Crippen molar-refractivity contribution < 1.29 is 9.59 Å². The fourth-order valence-corrected chi connectivity index (χ4v) is 2.78. The second-order valence-corrected chi connectivity index (χ2v) is 6.77. The van der Waals surface area contributed by atoms with E-state index in [0.717, 1.165) is 25.1 Å². The van der Waals surface area contributed by atoms with Gasteiger partial charge in [0.05, 0.1) is 12.2 Å². The summed E-state index contributed by atoms with van der Waals surface area (Å²) in [7, 11) is 0. The average Bonchev–Trinajstić information content (AvgIpc) is 2.91. The smallest absolute Gasteiger partial charge is 0.244 e. The Hall–Kier alpha value is -2.31. The number of aromatic nitrogens is 2. The van der Waals surface area contributed by atoms with E-state index in [0.29, 0.717) is 21.4 Å². The van der Waals surface area contributed by atoms with Crippen LogP contribution in [0.1, 0.15) is 31.0 Å². The van der Waals surface area contributed by atoms with Crippen LogP contribution in [0.4, 0.5) is 5.69 Å². The highest BCUT2D eigenvalue weighted by Gasteiger charge is 2.11. The first-order valence-electron chi connectivity index (χ1n) is 8.65. The van der Waals surface area contributed by atoms with Crippen LogP contribution in [-0.4, -0.2) is 28.1 Å². The summed E-state index contributed by atoms with van der Waals surface area (Å²) >= 11 is 12.1. The molecule has 27 heavy (non-hydrogen) atoms. The number of unbranched alkanes of at least 4 members (excludes halogenated alkanes) is 1. The molecule has 0 saturated carbocycles. The van der Waals surface area contributed by atoms with Gasteiger partial charge in [0, 0.05) is 28.9 Å². The number of nitrogens with one attached hydrogen (secondary N) is 2. The highest BCUT2D eigenvalue weighted by molar-refractivity contribution is 6.31. The van der Waals surface area contributed by atoms with Crippen LogP contribution in [0.5, 0.6) is 0 Å². The van der Waals surface area contributed by atoms with Gasteiger partial charge in [-0.1, -0.05) is 36.5 Å². The standard InChI is InChI=1S/C19H22Cl2N4O2/c1-3-4-11-25-19(21)16(13(2)24-25)9-10-17(26)22-12-18(27)23-15-7-5-14(20)6-8-15/h5-10H,3-4,11-12H2,1-2H3,(H,22,26)(H,23,27)/b10-9+. The molecular formula is C19H22Cl2N4O2. The Kier molecular flexibility index (Phi) is 7.88. The fourth-order valence-electron chi connectivity index (χ4n) is 2.34. The van der Waals surface area contributed by atoms with Crippen molar-refractivity contribution in [1.82, 2.24) is 15.1 Å². The molecule has 144 valence electrons. The number of anilines is 1. The maximum atomic E-state index is 12.0. The molecule has 2 N–H and O–H groups in total. The summed E-state index contributed by atoms with van der Waals surface area (Å²) in [6.07, 6.45) is 4.98. The zero-order valence-electron chi connectivity index (χ0n) is 15.3. The number of aryl methyl sites for hydroxylation is 2. The Labute approximate surface area is 168 Å². The first-order chi connectivity index (χ1) is 12.9. The van der Waals surface area contributed by atoms with E-state index in [-0.39, 0.29) is 12.5 Å². The van der Waals surface area contributed by atoms with Gasteiger partial charge in [-0.2, -0.15) is 5.10 Å². The molecule has 0 atom stereocenters. The van der Waals surface area contributed by atoms with E-state index < -0.39 is 5.91 Å². The van der Waals surface area contributed by atoms with Crippen LogP contribution < -0.4 is 10.6 Å². The molecular weight excluding hydrogens is 387 g/mol. The summed E-state index contributed by atoms with van der Waals surface area (Å²) in [4.78, 5) is 23.8. The van der Waals surface area contributed by atoms with Gasteiger partial charge in [0.25, 0.3) is 0 Å². The first kappa shape index (κ1) is 21.0. The minimum Gasteiger partial charge on any atom is -0.343 e. The van der Waals surface area contributed by atoms with Gasteiger partial charge in [-0.05, 0) is 43.7 Å². The first-order valence-corrected chi connectivity index (χ1v) is 9.40. The Balaban J connectivity index is 1.87. The van der Waals surface area contributed by atoms with Gasteiger partial charge in [0.15, 0.2) is 0 Å². The molecule has 0 aliphatic rings. The summed E-state index contributed by atoms with van der Waals surface area (Å²) in [6.45, 7) is 4.53. The summed E-state index contributed by atoms with van der Waals surface area (Å²) in [5.74, 6) is -0.723. The molecule has 1 aromatic carbocycles. The van der Waals surface area contributed by atoms with E-state index in [1.807, 2.05) is 6.92 Å². The van der Waals surface area contributed by atoms with Crippen molar-refractivity contribution in [2.75, 3.05) is 11.9 Å². The third kappa shape index (κ3) is 6.41. The highest BCUT2D eigenvalue weighted by atomic mass is 35.5. The fraction of sp³-hybridized carbons (Fsp3) is 0.316. The molecule has 0 bridgehead atoms. The van der Waals surface area contributed by atoms with Crippen molar-refractivity contribution in [1.29, 1.82) is 0 Å². The van der Waals surface area contributed by atoms with Crippen molar-refractivity contribution in [2.24, 2.45) is 0 Å². The number of halogens is 2. The molecule has 0 aliphatic carbocycles. The average molecular weight is 409 g/mol. The van der Waals surface area contributed by atoms with Crippen LogP contribution in [0.3, 0.4) is 0 Å². The zero-order chi connectivity index (χ0) is 19.8. The van der Waals surface area contributed by atoms with Gasteiger partial charge >= 0.3 is 0 Å². The predicted molar refractivity (Wildman–Crippen MR) is 109 cm³/mol. The van der Waals surface area contributed by atoms with Gasteiger partial charge in [-0.3, -0.25) is 14.3 Å². The van der Waals surface area contributed by atoms with Gasteiger partial charge in [0.1, 0.15) is 5.15 Å². The molecule has 0 unspecified atom stereocenters. The second-order valence-electron chi connectivity index (χ2n) is 5.97. The molecule has 1 aromatic heterocycles. The minimum atomic E-state index is -0.391. The normalized spacial score (nSPS) is 11.0. The summed E-state index contributed by atoms with van der Waals surface area (Å²) in [5.41, 5.74) is 2.06. The topological polar surface area (TPSA) is 76.0 Å². The van der Waals surface area contributed by atoms with Crippen molar-refractivity contribution in [3.63, 3.8) is 0 Å². The van der Waals surface area contributed by atoms with Crippen LogP contribution in [0.25, 0.3) is 6.08 Å². The van der Waals surface area contributed by atoms with E-state index in [1.165, 1.54) is 6.08 Å². The lowest BCUT2D eigenvalue weighted by atomic mass is 10.2. The molecule has 2 amide bonds. The number of carbonyl (C=O) groups excluding carboxylic acids is 2. The van der Waals surface area contributed by atoms with Gasteiger partial charge in [0.2, 0.25) is 11.8 Å². The molecule has 2 rings (SSSR count). The molecule has 0 radical (unpaired) electrons. The number of hydrogen-bond donors (Lipinski definition) is 2. The van der Waals surface area contributed by atoms with Gasteiger partial charge in [-0.15, -0.1) is 0 Å². The number of benzene rings is 1. The van der Waals surface area contributed by atoms with Crippen LogP contribution in [0.15, 0.2) is 30.3 Å². The number of carbonyl (C=O) groups is 2. The summed E-state index contributed by atoms with van der Waals surface area (Å²) < 4.78 is 1.73. The van der Waals surface area contributed by atoms with Crippen LogP contribution in [0.2, 0.25) is 10.2 Å². The quantitative estimate of drug-likeness (QED) is 0.646. The van der Waals surface area contributed by atoms with E-state index in [4.69, 9.17) is 23.2 Å². The number of hydrogen-bond acceptors (Lipinski definition) is 3. The molecule has 6 nitrogen and oxygen atoms in total. The summed E-state index contributed by atoms with van der Waals surface area (Å²) in [6, 6.07) is 6.71. The SMILES string of the molecule is CCCCn1nc(C)c(/C=C/C(=O)NCC(=O)Nc2ccc(Cl)cc2)c1Cl. The lowest BCUT2D eigenvalue weighted by Gasteiger charge is -2.05. The van der Waals surface area contributed by atoms with Gasteiger partial charge in [-0.25, -0.2) is 0 Å². The van der Waals surface area contributed by atoms with E-state index in [9.17, 15) is 9.59 Å². The Morgan fingerprint density at radius 3 is 2.59 bits per heavy atom. The molecule has 0 saturated heterocycles. The van der Waals surface area contributed by atoms with Crippen LogP contribution in [0, 0.1) is 6.92 Å². The Morgan fingerprint density at radius 2 is 1.93 bits per heavy atom. The third-order valence-electron chi connectivity index (χ3n) is 3.79. The molecule has 8 heteroatoms. The monoisotopic (exact) mass is 408 g/mol. The second kappa shape index (κ2) is 10.1. The number of nitrogens with zero attached hydrogens (tertiary/aromatic N) is 2. The van der Waals surface area contributed by atoms with Crippen molar-refractivity contribution in [3.8, 4) is 0 Å². The Morgan fingerprint density at radius 1 is 1.22 bits per heavy atom. The number of rotatable bonds is 8. The molecule has 1 heterocycles. The van der Waals surface area contributed by atoms with E-state index in [2.05, 4.69) is 22.7 Å². The van der Waals surface area contributed by atoms with Crippen molar-refractivity contribution in [2.45, 2.75) is 33.2 Å². The van der Waals surface area contributed by atoms with Crippen LogP contribution in [-0.2, 0) is 16.1 Å². The largest absolute Gasteiger partial charge is 0.343 e. The molecule has 0 fully saturated rings. The third-order valence-corrected chi connectivity index (χ3v) is 4.44. The highest BCUT2D eigenvalue weighted by Crippen LogP contribution is 2.21. The maximum Gasteiger partial charge on any atom is 0.244 e. The van der Waals surface area contributed by atoms with Gasteiger partial charge < -0.3 is 10.6 Å². The minimum absolute atomic E-state index is 0.145. The number of amides is 2. The molecule has 0 spiro atoms. The van der Waals surface area contributed by atoms with E-state index in [1.54, 1.807) is 35.0 Å². The van der Waals surface area contributed by atoms with Crippen LogP contribution >= 0.6 is 23.2 Å². The predicted octanol–water partition coefficient (Wildman–Crippen LogP) is 4.07. The lowest BCUT2D eigenvalue weighted by Crippen LogP contribution is -2.31. The summed E-state index contributed by atoms with van der Waals surface area (Å²) in [5, 5.41) is 10.7.